The van der Waals surface area contributed by atoms with Crippen LogP contribution in [0.1, 0.15) is 12.8 Å². The van der Waals surface area contributed by atoms with E-state index in [0.717, 1.165) is 0 Å². The molecular weight excluding hydrogens is 388 g/mol. The van der Waals surface area contributed by atoms with Crippen LogP contribution in [0.3, 0.4) is 0 Å². The first-order valence-corrected chi connectivity index (χ1v) is 11.3. The van der Waals surface area contributed by atoms with Gasteiger partial charge in [-0.05, 0) is 30.7 Å². The molecule has 0 aliphatic carbocycles. The Morgan fingerprint density at radius 1 is 1.17 bits per heavy atom. The second kappa shape index (κ2) is 9.59. The minimum Gasteiger partial charge on any atom is -0.455 e. The Bertz CT molecular complexity index is 983. The summed E-state index contributed by atoms with van der Waals surface area (Å²) in [5, 5.41) is 2.87. The smallest absolute Gasteiger partial charge is 0.225 e. The minimum absolute atomic E-state index is 0.101. The molecule has 0 spiro atoms. The Labute approximate surface area is 171 Å². The lowest BCUT2D eigenvalue weighted by Gasteiger charge is -2.25. The maximum atomic E-state index is 12.5. The first kappa shape index (κ1) is 20.9. The fourth-order valence-electron chi connectivity index (χ4n) is 3.30. The van der Waals surface area contributed by atoms with Crippen molar-refractivity contribution in [1.29, 1.82) is 0 Å². The highest BCUT2D eigenvalue weighted by molar-refractivity contribution is 7.91. The van der Waals surface area contributed by atoms with Gasteiger partial charge in [0.1, 0.15) is 5.75 Å². The van der Waals surface area contributed by atoms with Crippen LogP contribution in [-0.4, -0.2) is 49.9 Å². The zero-order valence-electron chi connectivity index (χ0n) is 16.1. The van der Waals surface area contributed by atoms with E-state index in [-0.39, 0.29) is 29.9 Å². The number of anilines is 1. The zero-order valence-corrected chi connectivity index (χ0v) is 16.9. The van der Waals surface area contributed by atoms with E-state index in [4.69, 9.17) is 11.2 Å². The van der Waals surface area contributed by atoms with E-state index in [1.165, 1.54) is 0 Å². The van der Waals surface area contributed by atoms with Gasteiger partial charge in [-0.15, -0.1) is 6.42 Å². The van der Waals surface area contributed by atoms with E-state index >= 15 is 0 Å². The van der Waals surface area contributed by atoms with Gasteiger partial charge < -0.3 is 10.1 Å². The molecule has 1 aliphatic rings. The number of amides is 1. The number of carbonyl (C=O) groups excluding carboxylic acids is 1. The van der Waals surface area contributed by atoms with Crippen molar-refractivity contribution in [2.24, 2.45) is 0 Å². The SMILES string of the molecule is C#CCN(CCC(=O)Nc1ccccc1Oc1ccccc1)C1CCS(=O)(=O)C1. The van der Waals surface area contributed by atoms with Crippen LogP contribution in [0, 0.1) is 12.3 Å². The van der Waals surface area contributed by atoms with Crippen LogP contribution >= 0.6 is 0 Å². The van der Waals surface area contributed by atoms with E-state index in [1.54, 1.807) is 12.1 Å². The Kier molecular flexibility index (Phi) is 6.91. The van der Waals surface area contributed by atoms with Crippen LogP contribution in [0.5, 0.6) is 11.5 Å². The van der Waals surface area contributed by atoms with Crippen molar-refractivity contribution in [3.63, 3.8) is 0 Å². The highest BCUT2D eigenvalue weighted by Gasteiger charge is 2.32. The van der Waals surface area contributed by atoms with Crippen LogP contribution in [0.25, 0.3) is 0 Å². The molecule has 6 nitrogen and oxygen atoms in total. The largest absolute Gasteiger partial charge is 0.455 e. The monoisotopic (exact) mass is 412 g/mol. The van der Waals surface area contributed by atoms with Gasteiger partial charge in [0.2, 0.25) is 5.91 Å². The molecule has 152 valence electrons. The van der Waals surface area contributed by atoms with Crippen molar-refractivity contribution in [1.82, 2.24) is 4.90 Å². The first-order chi connectivity index (χ1) is 14.0. The number of hydrogen-bond donors (Lipinski definition) is 1. The van der Waals surface area contributed by atoms with Crippen molar-refractivity contribution in [3.8, 4) is 23.8 Å². The van der Waals surface area contributed by atoms with Crippen LogP contribution in [0.2, 0.25) is 0 Å². The fourth-order valence-corrected chi connectivity index (χ4v) is 5.07. The van der Waals surface area contributed by atoms with Crippen molar-refractivity contribution in [3.05, 3.63) is 54.6 Å². The predicted octanol–water partition coefficient (Wildman–Crippen LogP) is 2.93. The van der Waals surface area contributed by atoms with Crippen LogP contribution < -0.4 is 10.1 Å². The summed E-state index contributed by atoms with van der Waals surface area (Å²) in [5.74, 6) is 3.88. The third-order valence-electron chi connectivity index (χ3n) is 4.78. The Morgan fingerprint density at radius 2 is 1.90 bits per heavy atom. The van der Waals surface area contributed by atoms with Crippen LogP contribution in [0.4, 0.5) is 5.69 Å². The first-order valence-electron chi connectivity index (χ1n) is 9.46. The quantitative estimate of drug-likeness (QED) is 0.675. The Hall–Kier alpha value is -2.82. The molecule has 1 aliphatic heterocycles. The van der Waals surface area contributed by atoms with E-state index in [0.29, 0.717) is 36.7 Å². The number of hydrogen-bond acceptors (Lipinski definition) is 5. The number of terminal acetylenes is 1. The predicted molar refractivity (Wildman–Crippen MR) is 114 cm³/mol. The van der Waals surface area contributed by atoms with E-state index in [1.807, 2.05) is 47.4 Å². The summed E-state index contributed by atoms with van der Waals surface area (Å²) in [6, 6.07) is 16.4. The summed E-state index contributed by atoms with van der Waals surface area (Å²) in [6.07, 6.45) is 6.19. The number of rotatable bonds is 8. The van der Waals surface area contributed by atoms with Gasteiger partial charge in [-0.1, -0.05) is 36.3 Å². The van der Waals surface area contributed by atoms with E-state index in [9.17, 15) is 13.2 Å². The maximum absolute atomic E-state index is 12.5. The summed E-state index contributed by atoms with van der Waals surface area (Å²) in [5.41, 5.74) is 0.577. The molecule has 0 aromatic heterocycles. The van der Waals surface area contributed by atoms with Crippen molar-refractivity contribution < 1.29 is 17.9 Å². The highest BCUT2D eigenvalue weighted by Crippen LogP contribution is 2.29. The second-order valence-electron chi connectivity index (χ2n) is 6.94. The highest BCUT2D eigenvalue weighted by atomic mass is 32.2. The Morgan fingerprint density at radius 3 is 2.59 bits per heavy atom. The molecule has 2 aromatic carbocycles. The standard InChI is InChI=1S/C22H24N2O4S/c1-2-14-24(18-13-16-29(26,27)17-18)15-12-22(25)23-20-10-6-7-11-21(20)28-19-8-4-3-5-9-19/h1,3-11,18H,12-17H2,(H,23,25). The number of para-hydroxylation sites is 3. The number of carbonyl (C=O) groups is 1. The van der Waals surface area contributed by atoms with Crippen molar-refractivity contribution >= 4 is 21.4 Å². The second-order valence-corrected chi connectivity index (χ2v) is 9.17. The molecule has 1 N–H and O–H groups in total. The zero-order chi connectivity index (χ0) is 20.7. The molecule has 3 rings (SSSR count). The van der Waals surface area contributed by atoms with Gasteiger partial charge in [0.15, 0.2) is 15.6 Å². The average Bonchev–Trinajstić information content (AvgIpc) is 3.07. The van der Waals surface area contributed by atoms with E-state index in [2.05, 4.69) is 11.2 Å². The lowest BCUT2D eigenvalue weighted by atomic mass is 10.2. The molecule has 2 aromatic rings. The van der Waals surface area contributed by atoms with Crippen molar-refractivity contribution in [2.75, 3.05) is 29.9 Å². The van der Waals surface area contributed by atoms with Gasteiger partial charge in [0, 0.05) is 19.0 Å². The van der Waals surface area contributed by atoms with Gasteiger partial charge in [-0.25, -0.2) is 8.42 Å². The molecule has 0 saturated carbocycles. The average molecular weight is 413 g/mol. The molecule has 1 amide bonds. The van der Waals surface area contributed by atoms with Gasteiger partial charge in [-0.3, -0.25) is 9.69 Å². The summed E-state index contributed by atoms with van der Waals surface area (Å²) in [7, 11) is -3.01. The molecular formula is C22H24N2O4S. The molecule has 7 heteroatoms. The minimum atomic E-state index is -3.01. The summed E-state index contributed by atoms with van der Waals surface area (Å²) < 4.78 is 29.4. The lowest BCUT2D eigenvalue weighted by Crippen LogP contribution is -2.38. The maximum Gasteiger partial charge on any atom is 0.225 e. The summed E-state index contributed by atoms with van der Waals surface area (Å²) in [4.78, 5) is 14.4. The van der Waals surface area contributed by atoms with Crippen molar-refractivity contribution in [2.45, 2.75) is 18.9 Å². The molecule has 1 fully saturated rings. The molecule has 1 unspecified atom stereocenters. The van der Waals surface area contributed by atoms with Gasteiger partial charge in [0.25, 0.3) is 0 Å². The lowest BCUT2D eigenvalue weighted by molar-refractivity contribution is -0.116. The normalized spacial score (nSPS) is 17.6. The van der Waals surface area contributed by atoms with Gasteiger partial charge >= 0.3 is 0 Å². The van der Waals surface area contributed by atoms with Gasteiger partial charge in [-0.2, -0.15) is 0 Å². The van der Waals surface area contributed by atoms with Crippen LogP contribution in [-0.2, 0) is 14.6 Å². The molecule has 1 atom stereocenters. The third kappa shape index (κ3) is 6.08. The number of nitrogens with one attached hydrogen (secondary N) is 1. The number of benzene rings is 2. The molecule has 0 bridgehead atoms. The number of sulfone groups is 1. The number of ether oxygens (including phenoxy) is 1. The van der Waals surface area contributed by atoms with Gasteiger partial charge in [0.05, 0.1) is 23.7 Å². The fraction of sp³-hybridized carbons (Fsp3) is 0.318. The number of nitrogens with zero attached hydrogens (tertiary/aromatic N) is 1. The molecule has 1 heterocycles. The topological polar surface area (TPSA) is 75.7 Å². The molecule has 0 radical (unpaired) electrons. The summed E-state index contributed by atoms with van der Waals surface area (Å²) in [6.45, 7) is 0.721. The Balaban J connectivity index is 1.60. The summed E-state index contributed by atoms with van der Waals surface area (Å²) >= 11 is 0. The molecule has 29 heavy (non-hydrogen) atoms. The molecule has 1 saturated heterocycles. The van der Waals surface area contributed by atoms with E-state index < -0.39 is 9.84 Å². The van der Waals surface area contributed by atoms with Crippen LogP contribution in [0.15, 0.2) is 54.6 Å². The third-order valence-corrected chi connectivity index (χ3v) is 6.53.